The molecular weight excluding hydrogens is 312 g/mol. The lowest BCUT2D eigenvalue weighted by Crippen LogP contribution is -2.61. The molecule has 5 unspecified atom stereocenters. The Morgan fingerprint density at radius 3 is 2.28 bits per heavy atom. The van der Waals surface area contributed by atoms with Crippen LogP contribution in [0.25, 0.3) is 0 Å². The first kappa shape index (κ1) is 19.2. The van der Waals surface area contributed by atoms with E-state index in [4.69, 9.17) is 4.74 Å². The number of aliphatic hydroxyl groups is 1. The van der Waals surface area contributed by atoms with Gasteiger partial charge in [-0.1, -0.05) is 41.0 Å². The van der Waals surface area contributed by atoms with Crippen LogP contribution in [0.1, 0.15) is 79.6 Å². The van der Waals surface area contributed by atoms with Gasteiger partial charge < -0.3 is 9.84 Å². The Morgan fingerprint density at radius 2 is 1.64 bits per heavy atom. The topological polar surface area (TPSA) is 46.5 Å². The molecule has 7 atom stereocenters. The number of rotatable bonds is 2. The molecule has 0 aromatic rings. The predicted molar refractivity (Wildman–Crippen MR) is 100.0 cm³/mol. The summed E-state index contributed by atoms with van der Waals surface area (Å²) in [5.74, 6) is 2.19. The van der Waals surface area contributed by atoms with Gasteiger partial charge in [0.25, 0.3) is 0 Å². The summed E-state index contributed by atoms with van der Waals surface area (Å²) in [6.45, 7) is 11.8. The number of ether oxygens (including phenoxy) is 1. The van der Waals surface area contributed by atoms with E-state index in [2.05, 4.69) is 34.6 Å². The lowest BCUT2D eigenvalue weighted by atomic mass is 9.38. The van der Waals surface area contributed by atoms with E-state index < -0.39 is 0 Å². The Kier molecular flexibility index (Phi) is 4.80. The summed E-state index contributed by atoms with van der Waals surface area (Å²) in [7, 11) is 1.51. The van der Waals surface area contributed by atoms with Gasteiger partial charge >= 0.3 is 5.97 Å². The number of esters is 1. The normalized spacial score (nSPS) is 49.0. The van der Waals surface area contributed by atoms with Gasteiger partial charge in [-0.15, -0.1) is 0 Å². The van der Waals surface area contributed by atoms with E-state index in [1.165, 1.54) is 32.8 Å². The van der Waals surface area contributed by atoms with Gasteiger partial charge in [0.15, 0.2) is 0 Å². The molecule has 3 nitrogen and oxygen atoms in total. The third-order valence-corrected chi connectivity index (χ3v) is 9.13. The number of methoxy groups -OCH3 is 1. The van der Waals surface area contributed by atoms with Crippen molar-refractivity contribution < 1.29 is 14.6 Å². The molecule has 0 aromatic heterocycles. The van der Waals surface area contributed by atoms with Crippen LogP contribution in [-0.4, -0.2) is 24.3 Å². The molecule has 0 amide bonds. The number of aliphatic hydroxyl groups excluding tert-OH is 1. The van der Waals surface area contributed by atoms with Gasteiger partial charge in [-0.3, -0.25) is 4.79 Å². The molecule has 0 aliphatic heterocycles. The second-order valence-electron chi connectivity index (χ2n) is 10.5. The Balaban J connectivity index is 1.95. The van der Waals surface area contributed by atoms with E-state index in [1.54, 1.807) is 0 Å². The smallest absolute Gasteiger partial charge is 0.305 e. The van der Waals surface area contributed by atoms with Crippen molar-refractivity contribution in [3.05, 3.63) is 0 Å². The quantitative estimate of drug-likeness (QED) is 0.727. The summed E-state index contributed by atoms with van der Waals surface area (Å²) in [5.41, 5.74) is 0.495. The first-order valence-electron chi connectivity index (χ1n) is 10.3. The molecule has 3 heteroatoms. The second kappa shape index (κ2) is 6.25. The van der Waals surface area contributed by atoms with Crippen LogP contribution in [0.2, 0.25) is 0 Å². The van der Waals surface area contributed by atoms with E-state index in [0.717, 1.165) is 12.8 Å². The molecule has 1 N–H and O–H groups in total. The predicted octanol–water partition coefficient (Wildman–Crippen LogP) is 4.82. The lowest BCUT2D eigenvalue weighted by molar-refractivity contribution is -0.202. The Morgan fingerprint density at radius 1 is 1.00 bits per heavy atom. The van der Waals surface area contributed by atoms with Crippen molar-refractivity contribution in [2.24, 2.45) is 39.9 Å². The third kappa shape index (κ3) is 2.76. The minimum Gasteiger partial charge on any atom is -0.469 e. The van der Waals surface area contributed by atoms with E-state index in [-0.39, 0.29) is 28.3 Å². The standard InChI is InChI=1S/C22H38O3/c1-14-7-8-17-21(4,15(14)13-19(24)25-6)11-9-16-20(2,3)18(23)10-12-22(16,17)5/h14-18,23H,7-13H2,1-6H3/t14?,15?,16?,17?,18?,21-,22-/m0/s1. The molecule has 0 radical (unpaired) electrons. The van der Waals surface area contributed by atoms with E-state index in [9.17, 15) is 9.90 Å². The molecule has 0 spiro atoms. The average Bonchev–Trinajstić information content (AvgIpc) is 2.54. The number of carbonyl (C=O) groups is 1. The highest BCUT2D eigenvalue weighted by molar-refractivity contribution is 5.69. The van der Waals surface area contributed by atoms with Crippen LogP contribution in [0, 0.1) is 39.9 Å². The molecule has 3 aliphatic rings. The highest BCUT2D eigenvalue weighted by atomic mass is 16.5. The third-order valence-electron chi connectivity index (χ3n) is 9.13. The average molecular weight is 351 g/mol. The Labute approximate surface area is 153 Å². The van der Waals surface area contributed by atoms with Crippen LogP contribution in [0.15, 0.2) is 0 Å². The van der Waals surface area contributed by atoms with Crippen LogP contribution in [0.5, 0.6) is 0 Å². The summed E-state index contributed by atoms with van der Waals surface area (Å²) >= 11 is 0. The van der Waals surface area contributed by atoms with Crippen molar-refractivity contribution in [2.45, 2.75) is 85.7 Å². The minimum absolute atomic E-state index is 0.00472. The van der Waals surface area contributed by atoms with E-state index in [1.807, 2.05) is 0 Å². The van der Waals surface area contributed by atoms with Crippen molar-refractivity contribution in [3.63, 3.8) is 0 Å². The number of hydrogen-bond donors (Lipinski definition) is 1. The largest absolute Gasteiger partial charge is 0.469 e. The van der Waals surface area contributed by atoms with Crippen molar-refractivity contribution in [3.8, 4) is 0 Å². The van der Waals surface area contributed by atoms with Crippen molar-refractivity contribution in [2.75, 3.05) is 7.11 Å². The summed E-state index contributed by atoms with van der Waals surface area (Å²) in [5, 5.41) is 10.6. The fourth-order valence-electron chi connectivity index (χ4n) is 7.66. The zero-order valence-electron chi connectivity index (χ0n) is 17.1. The van der Waals surface area contributed by atoms with Gasteiger partial charge in [0, 0.05) is 6.42 Å². The van der Waals surface area contributed by atoms with Crippen molar-refractivity contribution in [1.82, 2.24) is 0 Å². The monoisotopic (exact) mass is 350 g/mol. The highest BCUT2D eigenvalue weighted by Gasteiger charge is 2.63. The highest BCUT2D eigenvalue weighted by Crippen LogP contribution is 2.69. The van der Waals surface area contributed by atoms with Crippen LogP contribution in [-0.2, 0) is 9.53 Å². The van der Waals surface area contributed by atoms with Crippen LogP contribution in [0.4, 0.5) is 0 Å². The second-order valence-corrected chi connectivity index (χ2v) is 10.5. The summed E-state index contributed by atoms with van der Waals surface area (Å²) in [4.78, 5) is 12.1. The zero-order valence-corrected chi connectivity index (χ0v) is 17.1. The molecule has 0 saturated heterocycles. The number of fused-ring (bicyclic) bond motifs is 3. The lowest BCUT2D eigenvalue weighted by Gasteiger charge is -2.67. The Hall–Kier alpha value is -0.570. The fourth-order valence-corrected chi connectivity index (χ4v) is 7.66. The van der Waals surface area contributed by atoms with Gasteiger partial charge in [-0.2, -0.15) is 0 Å². The summed E-state index contributed by atoms with van der Waals surface area (Å²) in [6.07, 6.45) is 7.28. The fraction of sp³-hybridized carbons (Fsp3) is 0.955. The van der Waals surface area contributed by atoms with Gasteiger partial charge in [-0.25, -0.2) is 0 Å². The summed E-state index contributed by atoms with van der Waals surface area (Å²) in [6, 6.07) is 0. The van der Waals surface area contributed by atoms with Crippen LogP contribution >= 0.6 is 0 Å². The number of carbonyl (C=O) groups excluding carboxylic acids is 1. The minimum atomic E-state index is -0.177. The molecule has 144 valence electrons. The maximum atomic E-state index is 12.1. The number of hydrogen-bond acceptors (Lipinski definition) is 3. The van der Waals surface area contributed by atoms with Gasteiger partial charge in [0.05, 0.1) is 13.2 Å². The van der Waals surface area contributed by atoms with Crippen LogP contribution < -0.4 is 0 Å². The van der Waals surface area contributed by atoms with Crippen LogP contribution in [0.3, 0.4) is 0 Å². The van der Waals surface area contributed by atoms with Gasteiger partial charge in [0.1, 0.15) is 0 Å². The molecule has 0 aromatic carbocycles. The summed E-state index contributed by atoms with van der Waals surface area (Å²) < 4.78 is 5.03. The van der Waals surface area contributed by atoms with E-state index in [0.29, 0.717) is 30.1 Å². The maximum absolute atomic E-state index is 12.1. The van der Waals surface area contributed by atoms with E-state index >= 15 is 0 Å². The first-order valence-corrected chi connectivity index (χ1v) is 10.3. The Bertz CT molecular complexity index is 527. The SMILES string of the molecule is COC(=O)CC1C(C)CCC2[C@@]1(C)CCC1C(C)(C)C(O)CC[C@@]12C. The maximum Gasteiger partial charge on any atom is 0.305 e. The van der Waals surface area contributed by atoms with Gasteiger partial charge in [-0.05, 0) is 72.0 Å². The molecule has 3 rings (SSSR count). The molecular formula is C22H38O3. The molecule has 3 fully saturated rings. The first-order chi connectivity index (χ1) is 11.6. The molecule has 3 saturated carbocycles. The van der Waals surface area contributed by atoms with Crippen molar-refractivity contribution in [1.29, 1.82) is 0 Å². The molecule has 0 heterocycles. The zero-order chi connectivity index (χ0) is 18.6. The molecule has 25 heavy (non-hydrogen) atoms. The van der Waals surface area contributed by atoms with Crippen molar-refractivity contribution >= 4 is 5.97 Å². The molecule has 3 aliphatic carbocycles. The van der Waals surface area contributed by atoms with Gasteiger partial charge in [0.2, 0.25) is 0 Å². The molecule has 0 bridgehead atoms.